The van der Waals surface area contributed by atoms with Crippen LogP contribution in [-0.2, 0) is 17.5 Å². The number of nitrogens with zero attached hydrogens (tertiary/aromatic N) is 1. The van der Waals surface area contributed by atoms with Gasteiger partial charge >= 0.3 is 12.1 Å². The first-order chi connectivity index (χ1) is 15.6. The van der Waals surface area contributed by atoms with Crippen molar-refractivity contribution in [3.63, 3.8) is 0 Å². The van der Waals surface area contributed by atoms with E-state index in [1.165, 1.54) is 42.7 Å². The van der Waals surface area contributed by atoms with Gasteiger partial charge < -0.3 is 15.4 Å². The normalized spacial score (nSPS) is 11.1. The van der Waals surface area contributed by atoms with E-state index in [9.17, 15) is 27.6 Å². The van der Waals surface area contributed by atoms with Gasteiger partial charge in [0.2, 0.25) is 0 Å². The topological polar surface area (TPSA) is 97.4 Å². The molecule has 0 unspecified atom stereocenters. The van der Waals surface area contributed by atoms with Crippen LogP contribution in [0.3, 0.4) is 0 Å². The van der Waals surface area contributed by atoms with Gasteiger partial charge in [0, 0.05) is 23.2 Å². The average Bonchev–Trinajstić information content (AvgIpc) is 3.22. The van der Waals surface area contributed by atoms with Gasteiger partial charge in [0.05, 0.1) is 23.2 Å². The molecule has 172 valence electrons. The van der Waals surface area contributed by atoms with E-state index in [2.05, 4.69) is 15.6 Å². The zero-order chi connectivity index (χ0) is 24.2. The number of anilines is 1. The summed E-state index contributed by atoms with van der Waals surface area (Å²) in [7, 11) is 1.18. The van der Waals surface area contributed by atoms with E-state index in [-0.39, 0.29) is 29.1 Å². The number of amides is 2. The van der Waals surface area contributed by atoms with Crippen molar-refractivity contribution in [3.05, 3.63) is 80.8 Å². The SMILES string of the molecule is COC(=O)c1cc(CNC(=O)c2csc(C)n2)cc(NC(=O)c2cccc(C(F)(F)F)c2)c1. The van der Waals surface area contributed by atoms with Crippen molar-refractivity contribution in [2.24, 2.45) is 0 Å². The molecule has 3 aromatic rings. The van der Waals surface area contributed by atoms with E-state index in [0.29, 0.717) is 5.56 Å². The smallest absolute Gasteiger partial charge is 0.416 e. The summed E-state index contributed by atoms with van der Waals surface area (Å²) in [6, 6.07) is 8.25. The lowest BCUT2D eigenvalue weighted by molar-refractivity contribution is -0.137. The Morgan fingerprint density at radius 2 is 1.82 bits per heavy atom. The van der Waals surface area contributed by atoms with Crippen molar-refractivity contribution in [2.75, 3.05) is 12.4 Å². The van der Waals surface area contributed by atoms with E-state index in [0.717, 1.165) is 23.2 Å². The first kappa shape index (κ1) is 23.9. The number of halogens is 3. The van der Waals surface area contributed by atoms with Crippen LogP contribution in [0.5, 0.6) is 0 Å². The number of ether oxygens (including phenoxy) is 1. The van der Waals surface area contributed by atoms with E-state index in [4.69, 9.17) is 4.74 Å². The van der Waals surface area contributed by atoms with Crippen LogP contribution in [0, 0.1) is 6.92 Å². The van der Waals surface area contributed by atoms with E-state index < -0.39 is 29.5 Å². The summed E-state index contributed by atoms with van der Waals surface area (Å²) in [6.45, 7) is 1.77. The van der Waals surface area contributed by atoms with E-state index in [1.807, 2.05) is 0 Å². The largest absolute Gasteiger partial charge is 0.465 e. The van der Waals surface area contributed by atoms with Crippen LogP contribution in [-0.4, -0.2) is 29.9 Å². The van der Waals surface area contributed by atoms with Crippen LogP contribution in [0.25, 0.3) is 0 Å². The highest BCUT2D eigenvalue weighted by Crippen LogP contribution is 2.29. The van der Waals surface area contributed by atoms with E-state index >= 15 is 0 Å². The first-order valence-electron chi connectivity index (χ1n) is 9.48. The summed E-state index contributed by atoms with van der Waals surface area (Å²) in [5.74, 6) is -1.90. The molecule has 0 saturated carbocycles. The number of aryl methyl sites for hydroxylation is 1. The summed E-state index contributed by atoms with van der Waals surface area (Å²) in [4.78, 5) is 40.9. The molecular formula is C22H18F3N3O4S. The number of aromatic nitrogens is 1. The molecule has 0 spiro atoms. The number of hydrogen-bond donors (Lipinski definition) is 2. The fraction of sp³-hybridized carbons (Fsp3) is 0.182. The molecule has 2 amide bonds. The third-order valence-electron chi connectivity index (χ3n) is 4.43. The van der Waals surface area contributed by atoms with Gasteiger partial charge in [-0.15, -0.1) is 11.3 Å². The molecule has 0 aliphatic carbocycles. The second-order valence-electron chi connectivity index (χ2n) is 6.88. The number of benzene rings is 2. The van der Waals surface area contributed by atoms with E-state index in [1.54, 1.807) is 12.3 Å². The predicted molar refractivity (Wildman–Crippen MR) is 115 cm³/mol. The van der Waals surface area contributed by atoms with Gasteiger partial charge in [-0.1, -0.05) is 6.07 Å². The Labute approximate surface area is 190 Å². The van der Waals surface area contributed by atoms with Crippen LogP contribution in [0.2, 0.25) is 0 Å². The molecule has 0 bridgehead atoms. The molecule has 7 nitrogen and oxygen atoms in total. The minimum absolute atomic E-state index is 0.00662. The number of alkyl halides is 3. The minimum Gasteiger partial charge on any atom is -0.465 e. The summed E-state index contributed by atoms with van der Waals surface area (Å²) < 4.78 is 43.5. The lowest BCUT2D eigenvalue weighted by atomic mass is 10.1. The maximum absolute atomic E-state index is 12.9. The lowest BCUT2D eigenvalue weighted by Crippen LogP contribution is -2.23. The van der Waals surface area contributed by atoms with Crippen molar-refractivity contribution in [1.29, 1.82) is 0 Å². The van der Waals surface area contributed by atoms with Gasteiger partial charge in [-0.2, -0.15) is 13.2 Å². The Morgan fingerprint density at radius 3 is 2.45 bits per heavy atom. The number of nitrogens with one attached hydrogen (secondary N) is 2. The van der Waals surface area contributed by atoms with Crippen molar-refractivity contribution in [1.82, 2.24) is 10.3 Å². The van der Waals surface area contributed by atoms with Crippen molar-refractivity contribution >= 4 is 34.8 Å². The zero-order valence-corrected chi connectivity index (χ0v) is 18.3. The Morgan fingerprint density at radius 1 is 1.06 bits per heavy atom. The quantitative estimate of drug-likeness (QED) is 0.512. The minimum atomic E-state index is -4.59. The molecule has 0 aliphatic heterocycles. The zero-order valence-electron chi connectivity index (χ0n) is 17.4. The molecule has 11 heteroatoms. The van der Waals surface area contributed by atoms with Gasteiger partial charge in [-0.25, -0.2) is 9.78 Å². The molecule has 33 heavy (non-hydrogen) atoms. The van der Waals surface area contributed by atoms with Gasteiger partial charge in [0.15, 0.2) is 0 Å². The number of carbonyl (C=O) groups excluding carboxylic acids is 3. The fourth-order valence-electron chi connectivity index (χ4n) is 2.88. The highest BCUT2D eigenvalue weighted by molar-refractivity contribution is 7.09. The molecule has 0 fully saturated rings. The van der Waals surface area contributed by atoms with Crippen molar-refractivity contribution in [3.8, 4) is 0 Å². The summed E-state index contributed by atoms with van der Waals surface area (Å²) in [5, 5.41) is 7.48. The van der Waals surface area contributed by atoms with Gasteiger partial charge in [-0.3, -0.25) is 9.59 Å². The van der Waals surface area contributed by atoms with Crippen LogP contribution in [0.15, 0.2) is 47.8 Å². The second-order valence-corrected chi connectivity index (χ2v) is 7.94. The van der Waals surface area contributed by atoms with Crippen LogP contribution in [0.4, 0.5) is 18.9 Å². The third-order valence-corrected chi connectivity index (χ3v) is 5.20. The molecule has 0 saturated heterocycles. The molecular weight excluding hydrogens is 459 g/mol. The number of hydrogen-bond acceptors (Lipinski definition) is 6. The summed E-state index contributed by atoms with van der Waals surface area (Å²) in [6.07, 6.45) is -4.59. The first-order valence-corrected chi connectivity index (χ1v) is 10.4. The maximum Gasteiger partial charge on any atom is 0.416 e. The monoisotopic (exact) mass is 477 g/mol. The Balaban J connectivity index is 1.81. The van der Waals surface area contributed by atoms with Crippen molar-refractivity contribution < 1.29 is 32.3 Å². The Hall–Kier alpha value is -3.73. The molecule has 0 radical (unpaired) electrons. The highest BCUT2D eigenvalue weighted by Gasteiger charge is 2.31. The highest BCUT2D eigenvalue weighted by atomic mass is 32.1. The van der Waals surface area contributed by atoms with Crippen LogP contribution >= 0.6 is 11.3 Å². The lowest BCUT2D eigenvalue weighted by Gasteiger charge is -2.12. The molecule has 1 aromatic heterocycles. The number of carbonyl (C=O) groups is 3. The number of thiazole rings is 1. The van der Waals surface area contributed by atoms with Gasteiger partial charge in [0.25, 0.3) is 11.8 Å². The van der Waals surface area contributed by atoms with Crippen molar-refractivity contribution in [2.45, 2.75) is 19.6 Å². The third kappa shape index (κ3) is 6.16. The number of esters is 1. The molecule has 0 aliphatic rings. The average molecular weight is 477 g/mol. The molecule has 1 heterocycles. The summed E-state index contributed by atoms with van der Waals surface area (Å²) >= 11 is 1.32. The Kier molecular flexibility index (Phi) is 7.12. The van der Waals surface area contributed by atoms with Crippen LogP contribution < -0.4 is 10.6 Å². The number of rotatable bonds is 6. The standard InChI is InChI=1S/C22H18F3N3O4S/c1-12-27-18(11-33-12)20(30)26-10-13-6-15(21(31)32-2)9-17(7-13)28-19(29)14-4-3-5-16(8-14)22(23,24)25/h3-9,11H,10H2,1-2H3,(H,26,30)(H,28,29). The predicted octanol–water partition coefficient (Wildman–Crippen LogP) is 4.44. The fourth-order valence-corrected chi connectivity index (χ4v) is 3.48. The molecule has 3 rings (SSSR count). The molecule has 0 atom stereocenters. The van der Waals surface area contributed by atoms with Gasteiger partial charge in [-0.05, 0) is 48.9 Å². The summed E-state index contributed by atoms with van der Waals surface area (Å²) in [5.41, 5.74) is -0.222. The maximum atomic E-state index is 12.9. The second kappa shape index (κ2) is 9.82. The van der Waals surface area contributed by atoms with Crippen LogP contribution in [0.1, 0.15) is 47.3 Å². The number of methoxy groups -OCH3 is 1. The molecule has 2 N–H and O–H groups in total. The van der Waals surface area contributed by atoms with Gasteiger partial charge in [0.1, 0.15) is 5.69 Å². The molecule has 2 aromatic carbocycles. The Bertz CT molecular complexity index is 1210.